The number of phenols is 1. The molecule has 0 saturated carbocycles. The molecule has 6 rings (SSSR count). The average Bonchev–Trinajstić information content (AvgIpc) is 3.16. The monoisotopic (exact) mass is 497 g/mol. The second kappa shape index (κ2) is 8.19. The number of allylic oxidation sites excluding steroid dienone is 6. The van der Waals surface area contributed by atoms with Crippen LogP contribution >= 0.6 is 0 Å². The number of nitrogens with zero attached hydrogens (tertiary/aromatic N) is 3. The first-order valence-electron chi connectivity index (χ1n) is 11.9. The van der Waals surface area contributed by atoms with Gasteiger partial charge in [0, 0.05) is 34.6 Å². The predicted molar refractivity (Wildman–Crippen MR) is 134 cm³/mol. The highest BCUT2D eigenvalue weighted by Crippen LogP contribution is 2.53. The average molecular weight is 498 g/mol. The summed E-state index contributed by atoms with van der Waals surface area (Å²) in [4.78, 5) is 53.7. The van der Waals surface area contributed by atoms with Crippen LogP contribution in [0, 0.1) is 0 Å². The van der Waals surface area contributed by atoms with Crippen LogP contribution < -0.4 is 16.1 Å². The number of Topliss-reactive ketones (excluding diaryl/α,β-unsaturated/α-hetero) is 1. The number of carbonyl (C=O) groups is 2. The van der Waals surface area contributed by atoms with Gasteiger partial charge in [-0.25, -0.2) is 23.5 Å². The second-order valence-corrected chi connectivity index (χ2v) is 9.33. The maximum atomic E-state index is 13.7. The first-order chi connectivity index (χ1) is 17.8. The molecule has 0 spiro atoms. The molecule has 9 nitrogen and oxygen atoms in total. The Morgan fingerprint density at radius 1 is 0.973 bits per heavy atom. The maximum Gasteiger partial charge on any atom is 0.352 e. The quantitative estimate of drug-likeness (QED) is 0.440. The number of aromatic hydroxyl groups is 1. The third-order valence-corrected chi connectivity index (χ3v) is 7.40. The van der Waals surface area contributed by atoms with Gasteiger partial charge in [0.2, 0.25) is 0 Å². The molecule has 0 radical (unpaired) electrons. The van der Waals surface area contributed by atoms with Gasteiger partial charge in [0.05, 0.1) is 25.4 Å². The van der Waals surface area contributed by atoms with Crippen molar-refractivity contribution in [3.8, 4) is 17.2 Å². The molecule has 2 aliphatic carbocycles. The van der Waals surface area contributed by atoms with Crippen molar-refractivity contribution in [1.29, 1.82) is 0 Å². The van der Waals surface area contributed by atoms with Gasteiger partial charge in [-0.15, -0.1) is 0 Å². The lowest BCUT2D eigenvalue weighted by Crippen LogP contribution is -2.40. The molecular formula is C28H23N3O6. The second-order valence-electron chi connectivity index (χ2n) is 9.33. The van der Waals surface area contributed by atoms with Gasteiger partial charge in [-0.1, -0.05) is 30.3 Å². The van der Waals surface area contributed by atoms with E-state index in [9.17, 15) is 24.3 Å². The minimum Gasteiger partial charge on any atom is -0.507 e. The van der Waals surface area contributed by atoms with Gasteiger partial charge in [-0.2, -0.15) is 0 Å². The molecule has 186 valence electrons. The highest BCUT2D eigenvalue weighted by Gasteiger charge is 2.46. The van der Waals surface area contributed by atoms with E-state index in [1.165, 1.54) is 28.6 Å². The van der Waals surface area contributed by atoms with Crippen molar-refractivity contribution in [2.24, 2.45) is 0 Å². The lowest BCUT2D eigenvalue weighted by molar-refractivity contribution is -0.116. The van der Waals surface area contributed by atoms with E-state index in [1.54, 1.807) is 49.4 Å². The van der Waals surface area contributed by atoms with Gasteiger partial charge in [0.1, 0.15) is 11.5 Å². The fourth-order valence-electron chi connectivity index (χ4n) is 5.78. The van der Waals surface area contributed by atoms with Crippen molar-refractivity contribution >= 4 is 11.6 Å². The van der Waals surface area contributed by atoms with Gasteiger partial charge in [0.25, 0.3) is 0 Å². The standard InChI is InChI=1S/C28H23N3O6/c1-15-13-21(33)23-18(26(15)34)14-19-17(24(23)25-20(32)9-6-10-22(25)37-2)11-12-29-27(35)30(28(36)31(19)29)16-7-4-3-5-8-16/h3-11,13,19,24,32H,12,14H2,1-2H3/t19-,24+/m1/s1. The Bertz CT molecular complexity index is 1710. The number of phenolic OH excluding ortho intramolecular Hbond substituents is 1. The number of hydrogen-bond acceptors (Lipinski definition) is 6. The number of benzene rings is 2. The van der Waals surface area contributed by atoms with E-state index in [1.807, 2.05) is 6.08 Å². The van der Waals surface area contributed by atoms with Gasteiger partial charge in [-0.05, 0) is 42.8 Å². The van der Waals surface area contributed by atoms with Crippen LogP contribution in [0.1, 0.15) is 30.9 Å². The number of carbonyl (C=O) groups excluding carboxylic acids is 2. The van der Waals surface area contributed by atoms with Crippen LogP contribution in [0.3, 0.4) is 0 Å². The van der Waals surface area contributed by atoms with Crippen LogP contribution in [0.2, 0.25) is 0 Å². The Kier molecular flexibility index (Phi) is 5.04. The van der Waals surface area contributed by atoms with Gasteiger partial charge in [0.15, 0.2) is 11.6 Å². The molecule has 1 N–H and O–H groups in total. The number of para-hydroxylation sites is 1. The van der Waals surface area contributed by atoms with Crippen LogP contribution in [0.25, 0.3) is 5.69 Å². The smallest absolute Gasteiger partial charge is 0.352 e. The Labute approximate surface area is 210 Å². The fraction of sp³-hybridized carbons (Fsp3) is 0.214. The van der Waals surface area contributed by atoms with Crippen LogP contribution in [0.4, 0.5) is 0 Å². The molecule has 1 aromatic heterocycles. The number of hydrogen-bond donors (Lipinski definition) is 1. The molecule has 1 aliphatic heterocycles. The van der Waals surface area contributed by atoms with Crippen molar-refractivity contribution in [1.82, 2.24) is 13.9 Å². The summed E-state index contributed by atoms with van der Waals surface area (Å²) in [5, 5.41) is 10.9. The maximum absolute atomic E-state index is 13.7. The number of rotatable bonds is 3. The highest BCUT2D eigenvalue weighted by molar-refractivity contribution is 6.23. The molecule has 9 heteroatoms. The molecule has 3 aliphatic rings. The summed E-state index contributed by atoms with van der Waals surface area (Å²) >= 11 is 0. The zero-order valence-corrected chi connectivity index (χ0v) is 20.2. The minimum atomic E-state index is -0.832. The summed E-state index contributed by atoms with van der Waals surface area (Å²) < 4.78 is 9.38. The van der Waals surface area contributed by atoms with Gasteiger partial charge >= 0.3 is 11.4 Å². The Morgan fingerprint density at radius 3 is 2.46 bits per heavy atom. The molecule has 0 fully saturated rings. The molecule has 37 heavy (non-hydrogen) atoms. The molecule has 2 heterocycles. The normalized spacial score (nSPS) is 20.6. The number of ketones is 2. The van der Waals surface area contributed by atoms with Crippen LogP contribution in [0.5, 0.6) is 11.5 Å². The van der Waals surface area contributed by atoms with Crippen LogP contribution in [-0.2, 0) is 16.1 Å². The first-order valence-corrected chi connectivity index (χ1v) is 11.9. The summed E-state index contributed by atoms with van der Waals surface area (Å²) in [7, 11) is 1.46. The van der Waals surface area contributed by atoms with E-state index in [-0.39, 0.29) is 41.4 Å². The Balaban J connectivity index is 1.63. The van der Waals surface area contributed by atoms with Crippen molar-refractivity contribution in [2.45, 2.75) is 31.8 Å². The van der Waals surface area contributed by atoms with E-state index in [0.29, 0.717) is 28.1 Å². The topological polar surface area (TPSA) is 113 Å². The first kappa shape index (κ1) is 22.8. The van der Waals surface area contributed by atoms with E-state index in [2.05, 4.69) is 0 Å². The zero-order chi connectivity index (χ0) is 26.0. The number of fused-ring (bicyclic) bond motifs is 3. The third kappa shape index (κ3) is 3.16. The molecule has 0 unspecified atom stereocenters. The summed E-state index contributed by atoms with van der Waals surface area (Å²) in [6, 6.07) is 12.7. The van der Waals surface area contributed by atoms with Crippen molar-refractivity contribution in [2.75, 3.05) is 7.11 Å². The summed E-state index contributed by atoms with van der Waals surface area (Å²) in [5.74, 6) is -1.19. The summed E-state index contributed by atoms with van der Waals surface area (Å²) in [6.45, 7) is 1.67. The fourth-order valence-corrected chi connectivity index (χ4v) is 5.78. The Morgan fingerprint density at radius 2 is 1.73 bits per heavy atom. The lowest BCUT2D eigenvalue weighted by atomic mass is 9.67. The van der Waals surface area contributed by atoms with Crippen LogP contribution in [0.15, 0.2) is 92.6 Å². The predicted octanol–water partition coefficient (Wildman–Crippen LogP) is 2.58. The molecule has 2 atom stereocenters. The van der Waals surface area contributed by atoms with E-state index >= 15 is 0 Å². The minimum absolute atomic E-state index is 0.0709. The van der Waals surface area contributed by atoms with E-state index in [0.717, 1.165) is 4.57 Å². The van der Waals surface area contributed by atoms with E-state index in [4.69, 9.17) is 4.74 Å². The number of methoxy groups -OCH3 is 1. The van der Waals surface area contributed by atoms with Gasteiger partial charge < -0.3 is 9.84 Å². The lowest BCUT2D eigenvalue weighted by Gasteiger charge is -2.40. The highest BCUT2D eigenvalue weighted by atomic mass is 16.5. The van der Waals surface area contributed by atoms with E-state index < -0.39 is 23.3 Å². The SMILES string of the molecule is COc1cccc(O)c1[C@H]1C2=CCn3c(=O)n(-c4ccccc4)c(=O)n3[C@@H]2CC2=C1C(=O)C=C(C)C2=O. The van der Waals surface area contributed by atoms with Crippen LogP contribution in [-0.4, -0.2) is 37.7 Å². The third-order valence-electron chi connectivity index (χ3n) is 7.40. The Hall–Kier alpha value is -4.66. The van der Waals surface area contributed by atoms with Crippen molar-refractivity contribution in [3.63, 3.8) is 0 Å². The largest absolute Gasteiger partial charge is 0.507 e. The molecule has 0 bridgehead atoms. The van der Waals surface area contributed by atoms with Crippen molar-refractivity contribution in [3.05, 3.63) is 110 Å². The molecule has 0 amide bonds. The number of aromatic nitrogens is 3. The molecule has 3 aromatic rings. The summed E-state index contributed by atoms with van der Waals surface area (Å²) in [6.07, 6.45) is 3.20. The van der Waals surface area contributed by atoms with Gasteiger partial charge in [-0.3, -0.25) is 9.59 Å². The molecule has 0 saturated heterocycles. The molecular weight excluding hydrogens is 474 g/mol. The summed E-state index contributed by atoms with van der Waals surface area (Å²) in [5.41, 5.74) is 1.25. The van der Waals surface area contributed by atoms with Crippen molar-refractivity contribution < 1.29 is 19.4 Å². The zero-order valence-electron chi connectivity index (χ0n) is 20.2. The molecule has 2 aromatic carbocycles. The number of ether oxygens (including phenoxy) is 1.